The molecule has 1 heterocycles. The van der Waals surface area contributed by atoms with Crippen LogP contribution < -0.4 is 10.6 Å². The summed E-state index contributed by atoms with van der Waals surface area (Å²) in [6.45, 7) is 3.10. The fourth-order valence-electron chi connectivity index (χ4n) is 1.96. The van der Waals surface area contributed by atoms with E-state index in [9.17, 15) is 4.79 Å². The second kappa shape index (κ2) is 5.80. The first-order valence-electron chi connectivity index (χ1n) is 5.91. The number of carbonyl (C=O) groups excluding carboxylic acids is 1. The highest BCUT2D eigenvalue weighted by atomic mass is 16.5. The second-order valence-electron chi connectivity index (χ2n) is 4.19. The largest absolute Gasteiger partial charge is 0.385 e. The van der Waals surface area contributed by atoms with Crippen molar-refractivity contribution in [3.63, 3.8) is 0 Å². The number of benzene rings is 1. The van der Waals surface area contributed by atoms with Gasteiger partial charge < -0.3 is 15.4 Å². The summed E-state index contributed by atoms with van der Waals surface area (Å²) in [5.74, 6) is -0.00389. The number of hydrogen-bond acceptors (Lipinski definition) is 3. The average molecular weight is 234 g/mol. The molecule has 0 atom stereocenters. The van der Waals surface area contributed by atoms with Crippen molar-refractivity contribution in [2.75, 3.05) is 20.3 Å². The van der Waals surface area contributed by atoms with E-state index in [2.05, 4.69) is 10.6 Å². The van der Waals surface area contributed by atoms with Crippen molar-refractivity contribution in [3.8, 4) is 0 Å². The van der Waals surface area contributed by atoms with E-state index >= 15 is 0 Å². The lowest BCUT2D eigenvalue weighted by Crippen LogP contribution is -2.25. The highest BCUT2D eigenvalue weighted by molar-refractivity contribution is 5.94. The Morgan fingerprint density at radius 2 is 2.24 bits per heavy atom. The topological polar surface area (TPSA) is 50.4 Å². The maximum absolute atomic E-state index is 11.8. The summed E-state index contributed by atoms with van der Waals surface area (Å²) in [6, 6.07) is 5.89. The minimum absolute atomic E-state index is 0.00389. The molecule has 2 N–H and O–H groups in total. The maximum atomic E-state index is 11.8. The Labute approximate surface area is 101 Å². The summed E-state index contributed by atoms with van der Waals surface area (Å²) in [5, 5.41) is 6.15. The van der Waals surface area contributed by atoms with Crippen LogP contribution in [0.5, 0.6) is 0 Å². The Morgan fingerprint density at radius 1 is 1.41 bits per heavy atom. The minimum Gasteiger partial charge on any atom is -0.385 e. The first kappa shape index (κ1) is 12.1. The van der Waals surface area contributed by atoms with Crippen LogP contribution >= 0.6 is 0 Å². The third-order valence-corrected chi connectivity index (χ3v) is 2.91. The molecule has 4 nitrogen and oxygen atoms in total. The minimum atomic E-state index is -0.00389. The molecular weight excluding hydrogens is 216 g/mol. The highest BCUT2D eigenvalue weighted by Crippen LogP contribution is 2.16. The summed E-state index contributed by atoms with van der Waals surface area (Å²) in [5.41, 5.74) is 3.26. The number of rotatable bonds is 5. The van der Waals surface area contributed by atoms with E-state index in [0.717, 1.165) is 25.1 Å². The Morgan fingerprint density at radius 3 is 3.06 bits per heavy atom. The predicted molar refractivity (Wildman–Crippen MR) is 65.8 cm³/mol. The lowest BCUT2D eigenvalue weighted by Gasteiger charge is -2.06. The molecule has 0 bridgehead atoms. The first-order valence-corrected chi connectivity index (χ1v) is 5.91. The van der Waals surface area contributed by atoms with Gasteiger partial charge in [-0.1, -0.05) is 6.07 Å². The van der Waals surface area contributed by atoms with Crippen LogP contribution in [-0.4, -0.2) is 26.2 Å². The molecule has 0 spiro atoms. The van der Waals surface area contributed by atoms with Gasteiger partial charge in [-0.05, 0) is 29.7 Å². The first-order chi connectivity index (χ1) is 8.31. The van der Waals surface area contributed by atoms with E-state index in [4.69, 9.17) is 4.74 Å². The Kier molecular flexibility index (Phi) is 4.12. The molecule has 92 valence electrons. The van der Waals surface area contributed by atoms with Gasteiger partial charge in [0, 0.05) is 38.9 Å². The molecule has 0 saturated heterocycles. The van der Waals surface area contributed by atoms with Gasteiger partial charge in [-0.25, -0.2) is 0 Å². The number of amides is 1. The van der Waals surface area contributed by atoms with Crippen LogP contribution in [0.3, 0.4) is 0 Å². The maximum Gasteiger partial charge on any atom is 0.251 e. The number of fused-ring (bicyclic) bond motifs is 1. The molecule has 0 unspecified atom stereocenters. The van der Waals surface area contributed by atoms with E-state index in [0.29, 0.717) is 13.2 Å². The molecule has 0 saturated carbocycles. The Balaban J connectivity index is 1.91. The van der Waals surface area contributed by atoms with Gasteiger partial charge in [0.1, 0.15) is 0 Å². The van der Waals surface area contributed by atoms with Gasteiger partial charge in [-0.15, -0.1) is 0 Å². The molecular formula is C13H18N2O2. The number of hydrogen-bond donors (Lipinski definition) is 2. The van der Waals surface area contributed by atoms with Crippen LogP contribution in [0.2, 0.25) is 0 Å². The van der Waals surface area contributed by atoms with Crippen molar-refractivity contribution in [3.05, 3.63) is 34.9 Å². The predicted octanol–water partition coefficient (Wildman–Crippen LogP) is 1.06. The molecule has 2 rings (SSSR count). The highest BCUT2D eigenvalue weighted by Gasteiger charge is 2.12. The van der Waals surface area contributed by atoms with E-state index < -0.39 is 0 Å². The molecule has 1 aliphatic rings. The molecule has 4 heteroatoms. The fourth-order valence-corrected chi connectivity index (χ4v) is 1.96. The van der Waals surface area contributed by atoms with Crippen molar-refractivity contribution in [2.24, 2.45) is 0 Å². The van der Waals surface area contributed by atoms with Gasteiger partial charge in [0.25, 0.3) is 5.91 Å². The van der Waals surface area contributed by atoms with Crippen LogP contribution in [0.1, 0.15) is 27.9 Å². The van der Waals surface area contributed by atoms with Crippen molar-refractivity contribution in [1.29, 1.82) is 0 Å². The molecule has 1 aromatic rings. The van der Waals surface area contributed by atoms with Crippen molar-refractivity contribution >= 4 is 5.91 Å². The van der Waals surface area contributed by atoms with Gasteiger partial charge in [-0.2, -0.15) is 0 Å². The molecule has 1 aliphatic heterocycles. The number of methoxy groups -OCH3 is 1. The number of nitrogens with one attached hydrogen (secondary N) is 2. The smallest absolute Gasteiger partial charge is 0.251 e. The lowest BCUT2D eigenvalue weighted by molar-refractivity contribution is 0.0948. The molecule has 17 heavy (non-hydrogen) atoms. The van der Waals surface area contributed by atoms with Crippen LogP contribution in [0, 0.1) is 0 Å². The molecule has 1 amide bonds. The number of carbonyl (C=O) groups is 1. The van der Waals surface area contributed by atoms with Crippen LogP contribution in [0.4, 0.5) is 0 Å². The summed E-state index contributed by atoms with van der Waals surface area (Å²) in [6.07, 6.45) is 0.842. The van der Waals surface area contributed by atoms with E-state index in [1.54, 1.807) is 7.11 Å². The Bertz CT molecular complexity index is 404. The van der Waals surface area contributed by atoms with Crippen molar-refractivity contribution < 1.29 is 9.53 Å². The summed E-state index contributed by atoms with van der Waals surface area (Å²) >= 11 is 0. The van der Waals surface area contributed by atoms with E-state index in [1.165, 1.54) is 11.1 Å². The summed E-state index contributed by atoms with van der Waals surface area (Å²) in [4.78, 5) is 11.8. The SMILES string of the molecule is COCCCNC(=O)c1ccc2c(c1)CNC2. The summed E-state index contributed by atoms with van der Waals surface area (Å²) in [7, 11) is 1.66. The third-order valence-electron chi connectivity index (χ3n) is 2.91. The van der Waals surface area contributed by atoms with Crippen LogP contribution in [0.15, 0.2) is 18.2 Å². The van der Waals surface area contributed by atoms with Gasteiger partial charge in [0.05, 0.1) is 0 Å². The molecule has 0 fully saturated rings. The zero-order valence-corrected chi connectivity index (χ0v) is 10.1. The van der Waals surface area contributed by atoms with Crippen molar-refractivity contribution in [2.45, 2.75) is 19.5 Å². The molecule has 0 radical (unpaired) electrons. The average Bonchev–Trinajstić information content (AvgIpc) is 2.81. The van der Waals surface area contributed by atoms with Crippen LogP contribution in [-0.2, 0) is 17.8 Å². The normalized spacial score (nSPS) is 13.5. The third kappa shape index (κ3) is 3.05. The molecule has 0 aromatic heterocycles. The fraction of sp³-hybridized carbons (Fsp3) is 0.462. The number of ether oxygens (including phenoxy) is 1. The van der Waals surface area contributed by atoms with Gasteiger partial charge in [0.2, 0.25) is 0 Å². The molecule has 1 aromatic carbocycles. The van der Waals surface area contributed by atoms with Gasteiger partial charge in [0.15, 0.2) is 0 Å². The quantitative estimate of drug-likeness (QED) is 0.749. The standard InChI is InChI=1S/C13H18N2O2/c1-17-6-2-5-15-13(16)10-3-4-11-8-14-9-12(11)7-10/h3-4,7,14H,2,5-6,8-9H2,1H3,(H,15,16). The molecule has 0 aliphatic carbocycles. The second-order valence-corrected chi connectivity index (χ2v) is 4.19. The lowest BCUT2D eigenvalue weighted by atomic mass is 10.1. The van der Waals surface area contributed by atoms with Gasteiger partial charge >= 0.3 is 0 Å². The van der Waals surface area contributed by atoms with E-state index in [-0.39, 0.29) is 5.91 Å². The Hall–Kier alpha value is -1.39. The van der Waals surface area contributed by atoms with Crippen LogP contribution in [0.25, 0.3) is 0 Å². The van der Waals surface area contributed by atoms with Crippen molar-refractivity contribution in [1.82, 2.24) is 10.6 Å². The van der Waals surface area contributed by atoms with E-state index in [1.807, 2.05) is 18.2 Å². The van der Waals surface area contributed by atoms with Gasteiger partial charge in [-0.3, -0.25) is 4.79 Å². The zero-order chi connectivity index (χ0) is 12.1. The monoisotopic (exact) mass is 234 g/mol. The zero-order valence-electron chi connectivity index (χ0n) is 10.1. The summed E-state index contributed by atoms with van der Waals surface area (Å²) < 4.78 is 4.93.